The van der Waals surface area contributed by atoms with Crippen molar-refractivity contribution in [2.24, 2.45) is 11.5 Å². The normalized spacial score (nSPS) is 9.44. The number of hydrogen-bond acceptors (Lipinski definition) is 8. The van der Waals surface area contributed by atoms with Gasteiger partial charge in [0.15, 0.2) is 0 Å². The Morgan fingerprint density at radius 2 is 0.889 bits per heavy atom. The smallest absolute Gasteiger partial charge is 0.748 e. The van der Waals surface area contributed by atoms with E-state index in [2.05, 4.69) is 0 Å². The van der Waals surface area contributed by atoms with Crippen LogP contribution in [0.5, 0.6) is 0 Å². The molecule has 0 spiro atoms. The molecule has 0 aliphatic heterocycles. The topological polar surface area (TPSA) is 166 Å². The second-order valence-electron chi connectivity index (χ2n) is 2.27. The van der Waals surface area contributed by atoms with Crippen LogP contribution in [0.1, 0.15) is 13.8 Å². The van der Waals surface area contributed by atoms with Gasteiger partial charge >= 0.3 is 59.1 Å². The van der Waals surface area contributed by atoms with Gasteiger partial charge in [0.2, 0.25) is 0 Å². The molecular weight excluding hydrogens is 306 g/mol. The maximum atomic E-state index is 9.44. The summed E-state index contributed by atoms with van der Waals surface area (Å²) in [5.74, 6) is -0.625. The first-order valence-corrected chi connectivity index (χ1v) is 7.46. The summed E-state index contributed by atoms with van der Waals surface area (Å²) < 4.78 is 56.7. The number of rotatable bonds is 3. The molecule has 8 nitrogen and oxygen atoms in total. The molecule has 18 heavy (non-hydrogen) atoms. The predicted molar refractivity (Wildman–Crippen MR) is 58.6 cm³/mol. The van der Waals surface area contributed by atoms with Crippen molar-refractivity contribution in [2.45, 2.75) is 13.8 Å². The zero-order valence-corrected chi connectivity index (χ0v) is 16.9. The van der Waals surface area contributed by atoms with Gasteiger partial charge in [-0.2, -0.15) is 0 Å². The van der Waals surface area contributed by atoms with Gasteiger partial charge in [-0.15, -0.1) is 0 Å². The fourth-order valence-corrected chi connectivity index (χ4v) is 0. The summed E-state index contributed by atoms with van der Waals surface area (Å²) in [7, 11) is -7.82. The van der Waals surface area contributed by atoms with E-state index in [1.807, 2.05) is 0 Å². The molecule has 102 valence electrons. The van der Waals surface area contributed by atoms with Crippen molar-refractivity contribution < 1.29 is 85.1 Å². The van der Waals surface area contributed by atoms with Crippen LogP contribution in [0, 0.1) is 0 Å². The second kappa shape index (κ2) is 18.7. The molecule has 0 fully saturated rings. The molecule has 0 bridgehead atoms. The van der Waals surface area contributed by atoms with E-state index in [9.17, 15) is 25.9 Å². The Balaban J connectivity index is -0.0000000454. The third-order valence-corrected chi connectivity index (χ3v) is 2.29. The van der Waals surface area contributed by atoms with Crippen LogP contribution in [0.15, 0.2) is 0 Å². The zero-order valence-electron chi connectivity index (χ0n) is 11.2. The van der Waals surface area contributed by atoms with Crippen molar-refractivity contribution in [1.82, 2.24) is 0 Å². The third kappa shape index (κ3) is 65.1. The van der Waals surface area contributed by atoms with Crippen molar-refractivity contribution in [2.75, 3.05) is 24.6 Å². The van der Waals surface area contributed by atoms with Gasteiger partial charge in [0.1, 0.15) is 0 Å². The fourth-order valence-electron chi connectivity index (χ4n) is 0. The Hall–Kier alpha value is 1.74. The Morgan fingerprint density at radius 3 is 0.889 bits per heavy atom. The van der Waals surface area contributed by atoms with E-state index >= 15 is 0 Å². The average Bonchev–Trinajstić information content (AvgIpc) is 2.17. The van der Waals surface area contributed by atoms with Crippen LogP contribution in [0.4, 0.5) is 0 Å². The molecule has 0 amide bonds. The van der Waals surface area contributed by atoms with Crippen molar-refractivity contribution in [3.05, 3.63) is 0 Å². The molecule has 0 heterocycles. The first-order valence-electron chi connectivity index (χ1n) is 4.31. The van der Waals surface area contributed by atoms with E-state index in [0.717, 1.165) is 0 Å². The average molecular weight is 324 g/mol. The molecule has 12 heteroatoms. The molecule has 0 rings (SSSR count). The van der Waals surface area contributed by atoms with Crippen molar-refractivity contribution in [1.29, 1.82) is 0 Å². The molecule has 4 N–H and O–H groups in total. The summed E-state index contributed by atoms with van der Waals surface area (Å²) in [5, 5.41) is 0. The molecule has 0 aromatic heterocycles. The van der Waals surface area contributed by atoms with Crippen LogP contribution in [0.25, 0.3) is 0 Å². The van der Waals surface area contributed by atoms with Crippen LogP contribution in [0.2, 0.25) is 0 Å². The van der Waals surface area contributed by atoms with Gasteiger partial charge in [0, 0.05) is 24.6 Å². The van der Waals surface area contributed by atoms with Gasteiger partial charge in [-0.1, -0.05) is 13.8 Å². The summed E-state index contributed by atoms with van der Waals surface area (Å²) in [6, 6.07) is 0. The minimum absolute atomic E-state index is 0. The molecule has 0 unspecified atom stereocenters. The van der Waals surface area contributed by atoms with E-state index in [0.29, 0.717) is 13.1 Å². The molecule has 0 aliphatic carbocycles. The van der Waals surface area contributed by atoms with E-state index in [-0.39, 0.29) is 70.6 Å². The molecule has 0 radical (unpaired) electrons. The molecule has 0 saturated carbocycles. The molecule has 0 saturated heterocycles. The molecular formula is C6H18N2Na2O6S2. The van der Waals surface area contributed by atoms with Crippen LogP contribution >= 0.6 is 0 Å². The van der Waals surface area contributed by atoms with Gasteiger partial charge in [0.25, 0.3) is 0 Å². The van der Waals surface area contributed by atoms with Crippen LogP contribution in [0.3, 0.4) is 0 Å². The maximum absolute atomic E-state index is 9.44. The van der Waals surface area contributed by atoms with Crippen LogP contribution in [-0.2, 0) is 20.2 Å². The SMILES string of the molecule is CCS(=O)(=O)[O-].CCS(=O)(=O)[O-].NCCN.[Na+].[Na+]. The Kier molecular flexibility index (Phi) is 33.2. The van der Waals surface area contributed by atoms with E-state index < -0.39 is 20.2 Å². The largest absolute Gasteiger partial charge is 1.00 e. The fraction of sp³-hybridized carbons (Fsp3) is 1.00. The molecule has 0 aliphatic rings. The minimum atomic E-state index is -3.91. The summed E-state index contributed by atoms with van der Waals surface area (Å²) in [4.78, 5) is 0. The molecule has 0 aromatic carbocycles. The summed E-state index contributed by atoms with van der Waals surface area (Å²) >= 11 is 0. The molecule has 0 aromatic rings. The van der Waals surface area contributed by atoms with Crippen molar-refractivity contribution in [3.8, 4) is 0 Å². The van der Waals surface area contributed by atoms with Gasteiger partial charge in [-0.05, 0) is 0 Å². The standard InChI is InChI=1S/C2H8N2.2C2H6O3S.2Na/c3-1-2-4;2*1-2-6(3,4)5;;/h1-4H2;2*2H2,1H3,(H,3,4,5);;/q;;;2*+1/p-2. The van der Waals surface area contributed by atoms with Crippen molar-refractivity contribution in [3.63, 3.8) is 0 Å². The maximum Gasteiger partial charge on any atom is 1.00 e. The summed E-state index contributed by atoms with van der Waals surface area (Å²) in [6.07, 6.45) is 0. The van der Waals surface area contributed by atoms with E-state index in [4.69, 9.17) is 11.5 Å². The van der Waals surface area contributed by atoms with E-state index in [1.54, 1.807) is 0 Å². The van der Waals surface area contributed by atoms with E-state index in [1.165, 1.54) is 13.8 Å². The van der Waals surface area contributed by atoms with Crippen molar-refractivity contribution >= 4 is 20.2 Å². The zero-order chi connectivity index (χ0) is 13.8. The monoisotopic (exact) mass is 324 g/mol. The van der Waals surface area contributed by atoms with Gasteiger partial charge in [0.05, 0.1) is 20.2 Å². The Morgan fingerprint density at radius 1 is 0.778 bits per heavy atom. The predicted octanol–water partition coefficient (Wildman–Crippen LogP) is -7.99. The quantitative estimate of drug-likeness (QED) is 0.381. The van der Waals surface area contributed by atoms with Crippen LogP contribution < -0.4 is 70.6 Å². The first kappa shape index (κ1) is 31.9. The van der Waals surface area contributed by atoms with Gasteiger partial charge < -0.3 is 20.6 Å². The number of hydrogen-bond donors (Lipinski definition) is 2. The Bertz CT molecular complexity index is 298. The Labute approximate surface area is 153 Å². The summed E-state index contributed by atoms with van der Waals surface area (Å²) in [5.41, 5.74) is 9.81. The molecule has 0 atom stereocenters. The number of nitrogens with two attached hydrogens (primary N) is 2. The van der Waals surface area contributed by atoms with Crippen LogP contribution in [-0.4, -0.2) is 50.5 Å². The minimum Gasteiger partial charge on any atom is -0.748 e. The third-order valence-electron chi connectivity index (χ3n) is 0.874. The first-order chi connectivity index (χ1) is 7.04. The summed E-state index contributed by atoms with van der Waals surface area (Å²) in [6.45, 7) is 3.81. The van der Waals surface area contributed by atoms with Gasteiger partial charge in [-0.25, -0.2) is 16.8 Å². The van der Waals surface area contributed by atoms with Gasteiger partial charge in [-0.3, -0.25) is 0 Å². The second-order valence-corrected chi connectivity index (χ2v) is 5.66.